The van der Waals surface area contributed by atoms with Gasteiger partial charge < -0.3 is 4.74 Å². The molecular formula is C16H24O2. The van der Waals surface area contributed by atoms with Crippen molar-refractivity contribution < 1.29 is 9.53 Å². The second-order valence-electron chi connectivity index (χ2n) is 6.21. The van der Waals surface area contributed by atoms with E-state index in [2.05, 4.69) is 20.1 Å². The van der Waals surface area contributed by atoms with Gasteiger partial charge in [0.2, 0.25) is 0 Å². The van der Waals surface area contributed by atoms with Crippen molar-refractivity contribution in [3.63, 3.8) is 0 Å². The van der Waals surface area contributed by atoms with Crippen LogP contribution >= 0.6 is 0 Å². The van der Waals surface area contributed by atoms with Gasteiger partial charge in [-0.2, -0.15) is 0 Å². The van der Waals surface area contributed by atoms with Gasteiger partial charge in [0.1, 0.15) is 0 Å². The Morgan fingerprint density at radius 3 is 2.83 bits per heavy atom. The molecule has 0 aliphatic heterocycles. The molecule has 0 heterocycles. The second-order valence-corrected chi connectivity index (χ2v) is 6.21. The number of carbonyl (C=O) groups is 1. The minimum absolute atomic E-state index is 0.245. The number of hydrogen-bond donors (Lipinski definition) is 0. The van der Waals surface area contributed by atoms with Crippen LogP contribution in [-0.4, -0.2) is 13.1 Å². The van der Waals surface area contributed by atoms with Crippen molar-refractivity contribution >= 4 is 5.97 Å². The van der Waals surface area contributed by atoms with E-state index in [4.69, 9.17) is 4.74 Å². The molecule has 0 saturated heterocycles. The highest BCUT2D eigenvalue weighted by molar-refractivity contribution is 5.88. The number of hydrogen-bond acceptors (Lipinski definition) is 2. The summed E-state index contributed by atoms with van der Waals surface area (Å²) in [5.74, 6) is 0.599. The summed E-state index contributed by atoms with van der Waals surface area (Å²) < 4.78 is 4.79. The van der Waals surface area contributed by atoms with E-state index >= 15 is 0 Å². The van der Waals surface area contributed by atoms with Crippen LogP contribution in [0, 0.1) is 17.3 Å². The Labute approximate surface area is 110 Å². The summed E-state index contributed by atoms with van der Waals surface area (Å²) >= 11 is 0. The molecule has 2 aliphatic rings. The number of carbonyl (C=O) groups excluding carboxylic acids is 1. The predicted octanol–water partition coefficient (Wildman–Crippen LogP) is 3.88. The molecular weight excluding hydrogens is 224 g/mol. The topological polar surface area (TPSA) is 26.3 Å². The lowest BCUT2D eigenvalue weighted by Gasteiger charge is -2.48. The van der Waals surface area contributed by atoms with Crippen molar-refractivity contribution in [2.75, 3.05) is 7.11 Å². The van der Waals surface area contributed by atoms with E-state index in [0.717, 1.165) is 19.3 Å². The lowest BCUT2D eigenvalue weighted by molar-refractivity contribution is -0.137. The molecule has 0 aromatic rings. The maximum atomic E-state index is 11.6. The number of allylic oxidation sites excluding steroid dienone is 1. The van der Waals surface area contributed by atoms with Crippen LogP contribution in [-0.2, 0) is 9.53 Å². The molecule has 0 aromatic heterocycles. The van der Waals surface area contributed by atoms with E-state index in [1.165, 1.54) is 31.9 Å². The third-order valence-corrected chi connectivity index (χ3v) is 5.10. The van der Waals surface area contributed by atoms with Crippen LogP contribution in [0.2, 0.25) is 0 Å². The lowest BCUT2D eigenvalue weighted by atomic mass is 9.56. The molecule has 3 atom stereocenters. The number of fused-ring (bicyclic) bond motifs is 1. The number of esters is 1. The van der Waals surface area contributed by atoms with Crippen LogP contribution in [0.5, 0.6) is 0 Å². The van der Waals surface area contributed by atoms with Crippen LogP contribution in [0.4, 0.5) is 0 Å². The zero-order valence-corrected chi connectivity index (χ0v) is 11.6. The molecule has 0 bridgehead atoms. The van der Waals surface area contributed by atoms with Crippen molar-refractivity contribution in [3.05, 3.63) is 24.3 Å². The first-order chi connectivity index (χ1) is 8.48. The molecule has 2 aliphatic carbocycles. The molecule has 18 heavy (non-hydrogen) atoms. The van der Waals surface area contributed by atoms with Crippen molar-refractivity contribution in [1.29, 1.82) is 0 Å². The highest BCUT2D eigenvalue weighted by Crippen LogP contribution is 2.54. The average molecular weight is 248 g/mol. The zero-order valence-electron chi connectivity index (χ0n) is 11.6. The number of ether oxygens (including phenoxy) is 1. The monoisotopic (exact) mass is 248 g/mol. The number of methoxy groups -OCH3 is 1. The molecule has 0 N–H and O–H groups in total. The molecule has 0 radical (unpaired) electrons. The van der Waals surface area contributed by atoms with Crippen LogP contribution in [0.15, 0.2) is 24.3 Å². The fourth-order valence-electron chi connectivity index (χ4n) is 3.83. The van der Waals surface area contributed by atoms with Crippen molar-refractivity contribution in [2.24, 2.45) is 17.3 Å². The summed E-state index contributed by atoms with van der Waals surface area (Å²) in [6.45, 7) is 10.6. The van der Waals surface area contributed by atoms with Gasteiger partial charge in [0.15, 0.2) is 0 Å². The third-order valence-electron chi connectivity index (χ3n) is 5.10. The third kappa shape index (κ3) is 2.25. The lowest BCUT2D eigenvalue weighted by Crippen LogP contribution is -2.39. The van der Waals surface area contributed by atoms with Gasteiger partial charge in [-0.05, 0) is 55.8 Å². The van der Waals surface area contributed by atoms with E-state index < -0.39 is 0 Å². The first kappa shape index (κ1) is 13.4. The Bertz CT molecular complexity index is 383. The van der Waals surface area contributed by atoms with Crippen LogP contribution in [0.3, 0.4) is 0 Å². The highest BCUT2D eigenvalue weighted by atomic mass is 16.5. The molecule has 100 valence electrons. The SMILES string of the molecule is C=C1CCC[C@]2(C)CC[C@@H](C(=C)C(=O)OC)CC12. The van der Waals surface area contributed by atoms with Crippen LogP contribution in [0.1, 0.15) is 45.4 Å². The first-order valence-electron chi connectivity index (χ1n) is 6.93. The predicted molar refractivity (Wildman–Crippen MR) is 73.1 cm³/mol. The smallest absolute Gasteiger partial charge is 0.333 e. The van der Waals surface area contributed by atoms with Crippen molar-refractivity contribution in [3.8, 4) is 0 Å². The van der Waals surface area contributed by atoms with E-state index in [-0.39, 0.29) is 11.9 Å². The van der Waals surface area contributed by atoms with Crippen molar-refractivity contribution in [2.45, 2.75) is 45.4 Å². The summed E-state index contributed by atoms with van der Waals surface area (Å²) in [4.78, 5) is 11.6. The number of rotatable bonds is 2. The van der Waals surface area contributed by atoms with Gasteiger partial charge in [-0.15, -0.1) is 0 Å². The summed E-state index contributed by atoms with van der Waals surface area (Å²) in [7, 11) is 1.43. The Kier molecular flexibility index (Phi) is 3.65. The zero-order chi connectivity index (χ0) is 13.3. The largest absolute Gasteiger partial charge is 0.466 e. The van der Waals surface area contributed by atoms with Crippen LogP contribution < -0.4 is 0 Å². The van der Waals surface area contributed by atoms with E-state index in [0.29, 0.717) is 16.9 Å². The minimum Gasteiger partial charge on any atom is -0.466 e. The van der Waals surface area contributed by atoms with Gasteiger partial charge in [0.25, 0.3) is 0 Å². The first-order valence-corrected chi connectivity index (χ1v) is 6.93. The fraction of sp³-hybridized carbons (Fsp3) is 0.688. The molecule has 2 fully saturated rings. The fourth-order valence-corrected chi connectivity index (χ4v) is 3.83. The molecule has 0 spiro atoms. The van der Waals surface area contributed by atoms with E-state index in [9.17, 15) is 4.79 Å². The molecule has 0 aromatic carbocycles. The van der Waals surface area contributed by atoms with Gasteiger partial charge in [-0.3, -0.25) is 0 Å². The molecule has 2 saturated carbocycles. The molecule has 2 rings (SSSR count). The summed E-state index contributed by atoms with van der Waals surface area (Å²) in [5.41, 5.74) is 2.44. The Morgan fingerprint density at radius 1 is 1.44 bits per heavy atom. The van der Waals surface area contributed by atoms with Crippen LogP contribution in [0.25, 0.3) is 0 Å². The summed E-state index contributed by atoms with van der Waals surface area (Å²) in [6, 6.07) is 0. The Morgan fingerprint density at radius 2 is 2.17 bits per heavy atom. The normalized spacial score (nSPS) is 35.8. The molecule has 1 unspecified atom stereocenters. The van der Waals surface area contributed by atoms with Gasteiger partial charge in [-0.1, -0.05) is 25.7 Å². The average Bonchev–Trinajstić information content (AvgIpc) is 2.36. The quantitative estimate of drug-likeness (QED) is 0.421. The van der Waals surface area contributed by atoms with Gasteiger partial charge in [0.05, 0.1) is 7.11 Å². The highest BCUT2D eigenvalue weighted by Gasteiger charge is 2.44. The van der Waals surface area contributed by atoms with Gasteiger partial charge in [-0.25, -0.2) is 4.79 Å². The maximum Gasteiger partial charge on any atom is 0.333 e. The molecule has 2 nitrogen and oxygen atoms in total. The summed E-state index contributed by atoms with van der Waals surface area (Å²) in [5, 5.41) is 0. The Balaban J connectivity index is 2.11. The second kappa shape index (κ2) is 4.91. The summed E-state index contributed by atoms with van der Waals surface area (Å²) in [6.07, 6.45) is 7.00. The van der Waals surface area contributed by atoms with E-state index in [1.807, 2.05) is 0 Å². The molecule has 2 heteroatoms. The maximum absolute atomic E-state index is 11.6. The minimum atomic E-state index is -0.245. The van der Waals surface area contributed by atoms with Crippen molar-refractivity contribution in [1.82, 2.24) is 0 Å². The molecule has 0 amide bonds. The Hall–Kier alpha value is -1.05. The van der Waals surface area contributed by atoms with E-state index in [1.54, 1.807) is 0 Å². The van der Waals surface area contributed by atoms with Gasteiger partial charge in [0, 0.05) is 5.57 Å². The standard InChI is InChI=1S/C16H24O2/c1-11-6-5-8-16(3)9-7-13(10-14(11)16)12(2)15(17)18-4/h13-14H,1-2,5-10H2,3-4H3/t13-,14?,16-/m1/s1. The van der Waals surface area contributed by atoms with Gasteiger partial charge >= 0.3 is 5.97 Å².